The van der Waals surface area contributed by atoms with E-state index in [4.69, 9.17) is 4.74 Å². The van der Waals surface area contributed by atoms with Crippen molar-refractivity contribution in [3.8, 4) is 0 Å². The molecule has 0 atom stereocenters. The Morgan fingerprint density at radius 2 is 2.04 bits per heavy atom. The van der Waals surface area contributed by atoms with Crippen LogP contribution in [0.25, 0.3) is 0 Å². The molecular formula is C16H27N3O4S. The van der Waals surface area contributed by atoms with E-state index in [2.05, 4.69) is 15.4 Å². The van der Waals surface area contributed by atoms with Gasteiger partial charge >= 0.3 is 0 Å². The van der Waals surface area contributed by atoms with Crippen molar-refractivity contribution in [1.29, 1.82) is 0 Å². The van der Waals surface area contributed by atoms with Crippen molar-refractivity contribution in [1.82, 2.24) is 10.0 Å². The molecule has 0 aliphatic heterocycles. The number of rotatable bonds is 11. The number of benzene rings is 1. The summed E-state index contributed by atoms with van der Waals surface area (Å²) in [6.07, 6.45) is -0.0297. The Morgan fingerprint density at radius 1 is 1.29 bits per heavy atom. The lowest BCUT2D eigenvalue weighted by Gasteiger charge is -2.10. The van der Waals surface area contributed by atoms with Gasteiger partial charge in [0.05, 0.1) is 25.0 Å². The first-order valence-corrected chi connectivity index (χ1v) is 9.66. The van der Waals surface area contributed by atoms with Gasteiger partial charge in [-0.2, -0.15) is 0 Å². The molecule has 3 N–H and O–H groups in total. The number of ether oxygens (including phenoxy) is 1. The molecule has 0 heterocycles. The molecule has 7 nitrogen and oxygen atoms in total. The van der Waals surface area contributed by atoms with Crippen molar-refractivity contribution in [2.45, 2.75) is 33.4 Å². The van der Waals surface area contributed by atoms with Gasteiger partial charge in [-0.1, -0.05) is 19.1 Å². The molecule has 1 aromatic carbocycles. The van der Waals surface area contributed by atoms with Crippen molar-refractivity contribution < 1.29 is 17.9 Å². The third-order valence-electron chi connectivity index (χ3n) is 3.05. The normalized spacial score (nSPS) is 11.7. The Bertz CT molecular complexity index is 618. The zero-order valence-corrected chi connectivity index (χ0v) is 15.3. The van der Waals surface area contributed by atoms with E-state index in [9.17, 15) is 13.2 Å². The SMILES string of the molecule is CCNCc1cccc(NC(=O)CNS(=O)(=O)CCOC(C)C)c1. The predicted octanol–water partition coefficient (Wildman–Crippen LogP) is 1.08. The summed E-state index contributed by atoms with van der Waals surface area (Å²) in [6, 6.07) is 7.41. The summed E-state index contributed by atoms with van der Waals surface area (Å²) >= 11 is 0. The molecule has 1 aromatic rings. The minimum absolute atomic E-state index is 0.0297. The Hall–Kier alpha value is -1.48. The quantitative estimate of drug-likeness (QED) is 0.551. The zero-order chi connectivity index (χ0) is 18.0. The van der Waals surface area contributed by atoms with Crippen LogP contribution >= 0.6 is 0 Å². The van der Waals surface area contributed by atoms with Gasteiger partial charge in [0.2, 0.25) is 15.9 Å². The summed E-state index contributed by atoms with van der Waals surface area (Å²) in [6.45, 7) is 7.04. The molecule has 0 radical (unpaired) electrons. The molecule has 0 aliphatic rings. The van der Waals surface area contributed by atoms with Gasteiger partial charge in [-0.25, -0.2) is 13.1 Å². The van der Waals surface area contributed by atoms with E-state index in [-0.39, 0.29) is 25.0 Å². The van der Waals surface area contributed by atoms with Crippen LogP contribution in [0.4, 0.5) is 5.69 Å². The summed E-state index contributed by atoms with van der Waals surface area (Å²) in [5.74, 6) is -0.583. The fraction of sp³-hybridized carbons (Fsp3) is 0.562. The lowest BCUT2D eigenvalue weighted by Crippen LogP contribution is -2.35. The highest BCUT2D eigenvalue weighted by Gasteiger charge is 2.13. The van der Waals surface area contributed by atoms with Gasteiger partial charge in [-0.05, 0) is 38.1 Å². The summed E-state index contributed by atoms with van der Waals surface area (Å²) in [7, 11) is -3.53. The van der Waals surface area contributed by atoms with Gasteiger partial charge in [0.15, 0.2) is 0 Å². The first-order valence-electron chi connectivity index (χ1n) is 8.01. The molecular weight excluding hydrogens is 330 g/mol. The molecule has 0 spiro atoms. The standard InChI is InChI=1S/C16H27N3O4S/c1-4-17-11-14-6-5-7-15(10-14)19-16(20)12-18-24(21,22)9-8-23-13(2)3/h5-7,10,13,17-18H,4,8-9,11-12H2,1-3H3,(H,19,20). The highest BCUT2D eigenvalue weighted by molar-refractivity contribution is 7.89. The second-order valence-corrected chi connectivity index (χ2v) is 7.51. The van der Waals surface area contributed by atoms with E-state index in [0.717, 1.165) is 12.1 Å². The molecule has 1 rings (SSSR count). The molecule has 0 bridgehead atoms. The number of sulfonamides is 1. The fourth-order valence-electron chi connectivity index (χ4n) is 1.87. The van der Waals surface area contributed by atoms with Gasteiger partial charge in [0.25, 0.3) is 0 Å². The van der Waals surface area contributed by atoms with Crippen molar-refractivity contribution >= 4 is 21.6 Å². The minimum Gasteiger partial charge on any atom is -0.378 e. The third kappa shape index (κ3) is 8.97. The van der Waals surface area contributed by atoms with Crippen LogP contribution in [0.2, 0.25) is 0 Å². The zero-order valence-electron chi connectivity index (χ0n) is 14.5. The Balaban J connectivity index is 2.43. The highest BCUT2D eigenvalue weighted by Crippen LogP contribution is 2.10. The second kappa shape index (κ2) is 10.4. The van der Waals surface area contributed by atoms with Gasteiger partial charge < -0.3 is 15.4 Å². The molecule has 1 amide bonds. The number of hydrogen-bond donors (Lipinski definition) is 3. The van der Waals surface area contributed by atoms with E-state index in [1.54, 1.807) is 6.07 Å². The van der Waals surface area contributed by atoms with Crippen LogP contribution < -0.4 is 15.4 Å². The van der Waals surface area contributed by atoms with Gasteiger partial charge in [-0.3, -0.25) is 4.79 Å². The van der Waals surface area contributed by atoms with E-state index >= 15 is 0 Å². The fourth-order valence-corrected chi connectivity index (χ4v) is 2.69. The number of nitrogens with one attached hydrogen (secondary N) is 3. The van der Waals surface area contributed by atoms with Crippen LogP contribution in [0.15, 0.2) is 24.3 Å². The smallest absolute Gasteiger partial charge is 0.239 e. The van der Waals surface area contributed by atoms with Crippen molar-refractivity contribution in [2.24, 2.45) is 0 Å². The topological polar surface area (TPSA) is 96.5 Å². The van der Waals surface area contributed by atoms with Crippen LogP contribution in [-0.2, 0) is 26.1 Å². The first-order chi connectivity index (χ1) is 11.3. The van der Waals surface area contributed by atoms with Gasteiger partial charge in [0, 0.05) is 12.2 Å². The van der Waals surface area contributed by atoms with Gasteiger partial charge in [-0.15, -0.1) is 0 Å². The number of anilines is 1. The van der Waals surface area contributed by atoms with Crippen LogP contribution in [0.3, 0.4) is 0 Å². The van der Waals surface area contributed by atoms with Crippen molar-refractivity contribution in [2.75, 3.05) is 30.8 Å². The Morgan fingerprint density at radius 3 is 2.71 bits per heavy atom. The Kier molecular flexibility index (Phi) is 8.91. The van der Waals surface area contributed by atoms with E-state index in [0.29, 0.717) is 12.2 Å². The molecule has 24 heavy (non-hydrogen) atoms. The molecule has 0 unspecified atom stereocenters. The molecule has 0 saturated carbocycles. The minimum atomic E-state index is -3.53. The van der Waals surface area contributed by atoms with Crippen LogP contribution in [0.5, 0.6) is 0 Å². The molecule has 136 valence electrons. The summed E-state index contributed by atoms with van der Waals surface area (Å²) in [4.78, 5) is 11.9. The lowest BCUT2D eigenvalue weighted by atomic mass is 10.2. The highest BCUT2D eigenvalue weighted by atomic mass is 32.2. The average molecular weight is 357 g/mol. The number of carbonyl (C=O) groups excluding carboxylic acids is 1. The van der Waals surface area contributed by atoms with Crippen molar-refractivity contribution in [3.63, 3.8) is 0 Å². The third-order valence-corrected chi connectivity index (χ3v) is 4.33. The molecule has 0 aliphatic carbocycles. The first kappa shape index (κ1) is 20.6. The maximum absolute atomic E-state index is 11.9. The molecule has 0 fully saturated rings. The monoisotopic (exact) mass is 357 g/mol. The maximum atomic E-state index is 11.9. The number of hydrogen-bond acceptors (Lipinski definition) is 5. The lowest BCUT2D eigenvalue weighted by molar-refractivity contribution is -0.115. The van der Waals surface area contributed by atoms with E-state index < -0.39 is 15.9 Å². The molecule has 0 aromatic heterocycles. The van der Waals surface area contributed by atoms with Crippen LogP contribution in [0.1, 0.15) is 26.3 Å². The van der Waals surface area contributed by atoms with Gasteiger partial charge in [0.1, 0.15) is 0 Å². The van der Waals surface area contributed by atoms with E-state index in [1.807, 2.05) is 39.0 Å². The van der Waals surface area contributed by atoms with E-state index in [1.165, 1.54) is 0 Å². The predicted molar refractivity (Wildman–Crippen MR) is 95.3 cm³/mol. The van der Waals surface area contributed by atoms with Crippen LogP contribution in [-0.4, -0.2) is 45.9 Å². The summed E-state index contributed by atoms with van der Waals surface area (Å²) in [5, 5.41) is 5.88. The maximum Gasteiger partial charge on any atom is 0.239 e. The number of carbonyl (C=O) groups is 1. The Labute approximate surface area is 144 Å². The average Bonchev–Trinajstić information content (AvgIpc) is 2.51. The number of amides is 1. The van der Waals surface area contributed by atoms with Crippen molar-refractivity contribution in [3.05, 3.63) is 29.8 Å². The molecule has 8 heteroatoms. The summed E-state index contributed by atoms with van der Waals surface area (Å²) < 4.78 is 31.0. The second-order valence-electron chi connectivity index (χ2n) is 5.59. The van der Waals surface area contributed by atoms with Crippen LogP contribution in [0, 0.1) is 0 Å². The molecule has 0 saturated heterocycles. The summed E-state index contributed by atoms with van der Waals surface area (Å²) in [5.41, 5.74) is 1.68. The largest absolute Gasteiger partial charge is 0.378 e.